The maximum Gasteiger partial charge on any atom is 0.259 e. The first-order chi connectivity index (χ1) is 11.4. The molecule has 124 valence electrons. The molecule has 0 radical (unpaired) electrons. The van der Waals surface area contributed by atoms with E-state index in [1.54, 1.807) is 10.9 Å². The maximum absolute atomic E-state index is 10.2. The molecule has 4 heterocycles. The molecule has 0 fully saturated rings. The molecule has 0 saturated carbocycles. The second-order valence-electron chi connectivity index (χ2n) is 6.41. The van der Waals surface area contributed by atoms with Crippen LogP contribution in [0.4, 0.5) is 0 Å². The second-order valence-corrected chi connectivity index (χ2v) is 6.41. The van der Waals surface area contributed by atoms with E-state index in [4.69, 9.17) is 9.26 Å². The third kappa shape index (κ3) is 2.44. The van der Waals surface area contributed by atoms with E-state index in [-0.39, 0.29) is 0 Å². The van der Waals surface area contributed by atoms with Crippen LogP contribution in [-0.2, 0) is 13.5 Å². The molecule has 0 saturated heterocycles. The van der Waals surface area contributed by atoms with Crippen LogP contribution < -0.4 is 4.74 Å². The Hall–Kier alpha value is -2.74. The Kier molecular flexibility index (Phi) is 3.17. The molecule has 1 N–H and O–H groups in total. The van der Waals surface area contributed by atoms with Gasteiger partial charge in [-0.3, -0.25) is 4.68 Å². The third-order valence-electron chi connectivity index (χ3n) is 4.12. The molecule has 0 aromatic carbocycles. The van der Waals surface area contributed by atoms with Gasteiger partial charge in [0.2, 0.25) is 11.7 Å². The van der Waals surface area contributed by atoms with Gasteiger partial charge >= 0.3 is 0 Å². The summed E-state index contributed by atoms with van der Waals surface area (Å²) in [5.74, 6) is 1.30. The summed E-state index contributed by atoms with van der Waals surface area (Å²) in [7, 11) is 1.82. The molecule has 0 amide bonds. The number of nitrogens with zero attached hydrogens (tertiary/aromatic N) is 5. The molecule has 3 aromatic heterocycles. The monoisotopic (exact) mass is 327 g/mol. The summed E-state index contributed by atoms with van der Waals surface area (Å²) in [6.07, 6.45) is 3.30. The number of rotatable bonds is 2. The van der Waals surface area contributed by atoms with E-state index < -0.39 is 11.7 Å². The van der Waals surface area contributed by atoms with Crippen molar-refractivity contribution in [2.24, 2.45) is 7.05 Å². The molecular formula is C16H17N5O3. The van der Waals surface area contributed by atoms with E-state index in [2.05, 4.69) is 20.2 Å². The van der Waals surface area contributed by atoms with Crippen LogP contribution in [0.1, 0.15) is 19.4 Å². The predicted octanol–water partition coefficient (Wildman–Crippen LogP) is 1.61. The lowest BCUT2D eigenvalue weighted by atomic mass is 9.92. The minimum Gasteiger partial charge on any atom is -0.469 e. The van der Waals surface area contributed by atoms with Gasteiger partial charge in [0.1, 0.15) is 11.3 Å². The van der Waals surface area contributed by atoms with Crippen LogP contribution in [-0.4, -0.2) is 41.7 Å². The lowest BCUT2D eigenvalue weighted by Crippen LogP contribution is -2.46. The number of aromatic nitrogens is 5. The van der Waals surface area contributed by atoms with Crippen molar-refractivity contribution in [3.05, 3.63) is 30.1 Å². The largest absolute Gasteiger partial charge is 0.469 e. The molecule has 3 aromatic rings. The van der Waals surface area contributed by atoms with Crippen molar-refractivity contribution in [3.8, 4) is 28.9 Å². The molecule has 1 aliphatic heterocycles. The highest BCUT2D eigenvalue weighted by Gasteiger charge is 2.36. The van der Waals surface area contributed by atoms with Crippen molar-refractivity contribution < 1.29 is 14.4 Å². The molecule has 24 heavy (non-hydrogen) atoms. The van der Waals surface area contributed by atoms with Gasteiger partial charge < -0.3 is 14.4 Å². The molecule has 0 aliphatic carbocycles. The highest BCUT2D eigenvalue weighted by atomic mass is 16.5. The first kappa shape index (κ1) is 14.8. The van der Waals surface area contributed by atoms with E-state index in [9.17, 15) is 5.11 Å². The van der Waals surface area contributed by atoms with Crippen molar-refractivity contribution in [2.45, 2.75) is 32.0 Å². The highest BCUT2D eigenvalue weighted by molar-refractivity contribution is 5.58. The number of hydrogen-bond donors (Lipinski definition) is 1. The first-order valence-corrected chi connectivity index (χ1v) is 7.62. The normalized spacial score (nSPS) is 18.9. The van der Waals surface area contributed by atoms with Crippen LogP contribution in [0.3, 0.4) is 0 Å². The smallest absolute Gasteiger partial charge is 0.259 e. The van der Waals surface area contributed by atoms with Gasteiger partial charge in [-0.15, -0.1) is 0 Å². The fourth-order valence-corrected chi connectivity index (χ4v) is 2.60. The quantitative estimate of drug-likeness (QED) is 0.763. The van der Waals surface area contributed by atoms with Gasteiger partial charge in [0, 0.05) is 31.4 Å². The van der Waals surface area contributed by atoms with Crippen molar-refractivity contribution in [3.63, 3.8) is 0 Å². The highest BCUT2D eigenvalue weighted by Crippen LogP contribution is 2.34. The molecule has 8 heteroatoms. The molecule has 1 atom stereocenters. The Bertz CT molecular complexity index is 899. The van der Waals surface area contributed by atoms with Crippen LogP contribution in [0.5, 0.6) is 5.88 Å². The maximum atomic E-state index is 10.2. The Labute approximate surface area is 138 Å². The Morgan fingerprint density at radius 3 is 2.96 bits per heavy atom. The number of hydrogen-bond acceptors (Lipinski definition) is 7. The molecular weight excluding hydrogens is 310 g/mol. The summed E-state index contributed by atoms with van der Waals surface area (Å²) in [5.41, 5.74) is 1.48. The van der Waals surface area contributed by atoms with Crippen LogP contribution in [0.25, 0.3) is 23.0 Å². The van der Waals surface area contributed by atoms with Gasteiger partial charge in [-0.05, 0) is 26.0 Å². The van der Waals surface area contributed by atoms with Crippen LogP contribution in [0.2, 0.25) is 0 Å². The summed E-state index contributed by atoms with van der Waals surface area (Å²) < 4.78 is 12.8. The molecule has 0 spiro atoms. The zero-order valence-electron chi connectivity index (χ0n) is 13.6. The van der Waals surface area contributed by atoms with E-state index in [1.807, 2.05) is 39.2 Å². The topological polar surface area (TPSA) is 99.1 Å². The van der Waals surface area contributed by atoms with Crippen LogP contribution in [0.15, 0.2) is 29.0 Å². The summed E-state index contributed by atoms with van der Waals surface area (Å²) in [4.78, 5) is 8.69. The Morgan fingerprint density at radius 2 is 2.21 bits per heavy atom. The Morgan fingerprint density at radius 1 is 1.38 bits per heavy atom. The minimum atomic E-state index is -0.655. The third-order valence-corrected chi connectivity index (χ3v) is 4.12. The average Bonchev–Trinajstić information content (AvgIpc) is 3.16. The van der Waals surface area contributed by atoms with Gasteiger partial charge in [0.05, 0.1) is 11.7 Å². The summed E-state index contributed by atoms with van der Waals surface area (Å²) in [6, 6.07) is 3.67. The van der Waals surface area contributed by atoms with E-state index in [1.165, 1.54) is 0 Å². The van der Waals surface area contributed by atoms with Crippen molar-refractivity contribution >= 4 is 0 Å². The molecule has 8 nitrogen and oxygen atoms in total. The minimum absolute atomic E-state index is 0.352. The van der Waals surface area contributed by atoms with E-state index in [0.717, 1.165) is 5.56 Å². The van der Waals surface area contributed by atoms with E-state index in [0.29, 0.717) is 35.3 Å². The first-order valence-electron chi connectivity index (χ1n) is 7.62. The van der Waals surface area contributed by atoms with Gasteiger partial charge in [-0.2, -0.15) is 10.1 Å². The number of aliphatic hydroxyl groups excluding tert-OH is 1. The Balaban J connectivity index is 1.67. The number of ether oxygens (including phenoxy) is 1. The van der Waals surface area contributed by atoms with Gasteiger partial charge in [0.25, 0.3) is 5.89 Å². The lowest BCUT2D eigenvalue weighted by molar-refractivity contribution is -0.0442. The lowest BCUT2D eigenvalue weighted by Gasteiger charge is -2.36. The summed E-state index contributed by atoms with van der Waals surface area (Å²) in [6.45, 7) is 3.68. The number of fused-ring (bicyclic) bond motifs is 1. The van der Waals surface area contributed by atoms with Crippen molar-refractivity contribution in [1.29, 1.82) is 0 Å². The van der Waals surface area contributed by atoms with Gasteiger partial charge in [0.15, 0.2) is 0 Å². The number of aryl methyl sites for hydroxylation is 1. The van der Waals surface area contributed by atoms with Crippen LogP contribution >= 0.6 is 0 Å². The van der Waals surface area contributed by atoms with Gasteiger partial charge in [-0.1, -0.05) is 5.16 Å². The van der Waals surface area contributed by atoms with E-state index >= 15 is 0 Å². The van der Waals surface area contributed by atoms with Crippen molar-refractivity contribution in [1.82, 2.24) is 24.9 Å². The second kappa shape index (κ2) is 5.13. The summed E-state index contributed by atoms with van der Waals surface area (Å²) in [5, 5.41) is 18.4. The summed E-state index contributed by atoms with van der Waals surface area (Å²) >= 11 is 0. The van der Waals surface area contributed by atoms with Gasteiger partial charge in [-0.25, -0.2) is 4.98 Å². The SMILES string of the molecule is Cn1ccc(-c2noc(-c3cnc4c(c3)C[C@H](O)C(C)(C)O4)n2)n1. The predicted molar refractivity (Wildman–Crippen MR) is 84.1 cm³/mol. The number of aliphatic hydroxyl groups is 1. The molecule has 1 aliphatic rings. The fourth-order valence-electron chi connectivity index (χ4n) is 2.60. The van der Waals surface area contributed by atoms with Crippen LogP contribution in [0, 0.1) is 0 Å². The zero-order chi connectivity index (χ0) is 16.9. The molecule has 4 rings (SSSR count). The average molecular weight is 327 g/mol. The van der Waals surface area contributed by atoms with Crippen molar-refractivity contribution in [2.75, 3.05) is 0 Å². The zero-order valence-corrected chi connectivity index (χ0v) is 13.6. The molecule has 0 unspecified atom stereocenters. The molecule has 0 bridgehead atoms. The fraction of sp³-hybridized carbons (Fsp3) is 0.375. The standard InChI is InChI=1S/C16H17N5O3/c1-16(2)12(22)7-9-6-10(8-17-14(9)23-16)15-18-13(20-24-15)11-4-5-21(3)19-11/h4-6,8,12,22H,7H2,1-3H3/t12-/m0/s1. The number of pyridine rings is 1.